The zero-order valence-electron chi connectivity index (χ0n) is 9.23. The summed E-state index contributed by atoms with van der Waals surface area (Å²) in [4.78, 5) is 10.6. The molecular weight excluding hydrogens is 227 g/mol. The van der Waals surface area contributed by atoms with Gasteiger partial charge in [0.2, 0.25) is 5.54 Å². The maximum absolute atomic E-state index is 12.5. The maximum atomic E-state index is 12.5. The molecule has 0 saturated heterocycles. The largest absolute Gasteiger partial charge is 0.480 e. The molecule has 0 aromatic heterocycles. The van der Waals surface area contributed by atoms with Gasteiger partial charge in [-0.1, -0.05) is 0 Å². The molecule has 4 nitrogen and oxygen atoms in total. The van der Waals surface area contributed by atoms with Crippen LogP contribution in [0, 0.1) is 0 Å². The quantitative estimate of drug-likeness (QED) is 0.664. The standard InChI is InChI=1S/C9H16F3NO3/c1-3-16-6-4-5-13-8(2,7(14)15)9(10,11)12/h13H,3-6H2,1-2H3,(H,14,15). The molecular formula is C9H16F3NO3. The van der Waals surface area contributed by atoms with Crippen LogP contribution < -0.4 is 5.32 Å². The van der Waals surface area contributed by atoms with Crippen molar-refractivity contribution in [3.63, 3.8) is 0 Å². The van der Waals surface area contributed by atoms with Crippen LogP contribution in [0.15, 0.2) is 0 Å². The molecule has 0 aromatic rings. The average Bonchev–Trinajstić information content (AvgIpc) is 2.15. The molecule has 0 saturated carbocycles. The van der Waals surface area contributed by atoms with Crippen LogP contribution in [0.1, 0.15) is 20.3 Å². The minimum Gasteiger partial charge on any atom is -0.480 e. The Morgan fingerprint density at radius 3 is 2.38 bits per heavy atom. The van der Waals surface area contributed by atoms with Crippen LogP contribution in [-0.4, -0.2) is 42.5 Å². The zero-order chi connectivity index (χ0) is 12.8. The number of hydrogen-bond donors (Lipinski definition) is 2. The summed E-state index contributed by atoms with van der Waals surface area (Å²) in [5.74, 6) is -1.93. The van der Waals surface area contributed by atoms with Crippen molar-refractivity contribution in [2.24, 2.45) is 0 Å². The minimum atomic E-state index is -4.83. The summed E-state index contributed by atoms with van der Waals surface area (Å²) in [6.45, 7) is 3.09. The Morgan fingerprint density at radius 1 is 1.44 bits per heavy atom. The predicted octanol–water partition coefficient (Wildman–Crippen LogP) is 1.41. The Balaban J connectivity index is 4.21. The molecule has 0 aliphatic carbocycles. The number of alkyl halides is 3. The lowest BCUT2D eigenvalue weighted by molar-refractivity contribution is -0.205. The topological polar surface area (TPSA) is 58.6 Å². The lowest BCUT2D eigenvalue weighted by atomic mass is 10.0. The molecule has 0 bridgehead atoms. The summed E-state index contributed by atoms with van der Waals surface area (Å²) in [7, 11) is 0. The zero-order valence-corrected chi connectivity index (χ0v) is 9.23. The van der Waals surface area contributed by atoms with E-state index in [2.05, 4.69) is 0 Å². The molecule has 0 aliphatic heterocycles. The fourth-order valence-electron chi connectivity index (χ4n) is 0.954. The first-order valence-electron chi connectivity index (χ1n) is 4.88. The van der Waals surface area contributed by atoms with Crippen LogP contribution in [0.5, 0.6) is 0 Å². The van der Waals surface area contributed by atoms with E-state index in [1.807, 2.05) is 5.32 Å². The van der Waals surface area contributed by atoms with E-state index in [4.69, 9.17) is 9.84 Å². The lowest BCUT2D eigenvalue weighted by Gasteiger charge is -2.28. The van der Waals surface area contributed by atoms with Gasteiger partial charge in [-0.15, -0.1) is 0 Å². The Morgan fingerprint density at radius 2 is 2.00 bits per heavy atom. The van der Waals surface area contributed by atoms with E-state index in [-0.39, 0.29) is 6.54 Å². The third-order valence-electron chi connectivity index (χ3n) is 2.14. The first kappa shape index (κ1) is 15.2. The second-order valence-corrected chi connectivity index (χ2v) is 3.41. The van der Waals surface area contributed by atoms with E-state index in [0.717, 1.165) is 0 Å². The number of rotatable bonds is 7. The molecule has 0 rings (SSSR count). The van der Waals surface area contributed by atoms with Gasteiger partial charge in [0.05, 0.1) is 0 Å². The summed E-state index contributed by atoms with van der Waals surface area (Å²) in [6, 6.07) is 0. The van der Waals surface area contributed by atoms with E-state index in [1.165, 1.54) is 0 Å². The second-order valence-electron chi connectivity index (χ2n) is 3.41. The Hall–Kier alpha value is -0.820. The van der Waals surface area contributed by atoms with E-state index in [9.17, 15) is 18.0 Å². The smallest absolute Gasteiger partial charge is 0.417 e. The Bertz CT molecular complexity index is 233. The van der Waals surface area contributed by atoms with Crippen molar-refractivity contribution in [2.75, 3.05) is 19.8 Å². The van der Waals surface area contributed by atoms with Gasteiger partial charge in [0.25, 0.3) is 0 Å². The molecule has 0 fully saturated rings. The number of nitrogens with one attached hydrogen (secondary N) is 1. The van der Waals surface area contributed by atoms with Gasteiger partial charge in [0.1, 0.15) is 0 Å². The van der Waals surface area contributed by atoms with Gasteiger partial charge < -0.3 is 9.84 Å². The second kappa shape index (κ2) is 6.05. The lowest BCUT2D eigenvalue weighted by Crippen LogP contribution is -2.60. The maximum Gasteiger partial charge on any atom is 0.417 e. The summed E-state index contributed by atoms with van der Waals surface area (Å²) >= 11 is 0. The highest BCUT2D eigenvalue weighted by Crippen LogP contribution is 2.30. The van der Waals surface area contributed by atoms with Crippen molar-refractivity contribution in [1.29, 1.82) is 0 Å². The number of ether oxygens (including phenoxy) is 1. The van der Waals surface area contributed by atoms with Crippen LogP contribution in [0.2, 0.25) is 0 Å². The molecule has 16 heavy (non-hydrogen) atoms. The van der Waals surface area contributed by atoms with Crippen molar-refractivity contribution >= 4 is 5.97 Å². The highest BCUT2D eigenvalue weighted by atomic mass is 19.4. The molecule has 0 aliphatic rings. The van der Waals surface area contributed by atoms with Gasteiger partial charge in [0.15, 0.2) is 0 Å². The van der Waals surface area contributed by atoms with Crippen LogP contribution >= 0.6 is 0 Å². The van der Waals surface area contributed by atoms with Gasteiger partial charge in [0, 0.05) is 13.2 Å². The van der Waals surface area contributed by atoms with Gasteiger partial charge in [-0.3, -0.25) is 5.32 Å². The first-order valence-corrected chi connectivity index (χ1v) is 4.88. The number of carboxylic acid groups (broad SMARTS) is 1. The predicted molar refractivity (Wildman–Crippen MR) is 51.2 cm³/mol. The van der Waals surface area contributed by atoms with Gasteiger partial charge in [-0.05, 0) is 26.8 Å². The molecule has 96 valence electrons. The Labute approximate surface area is 91.8 Å². The third-order valence-corrected chi connectivity index (χ3v) is 2.14. The number of halogens is 3. The molecule has 1 unspecified atom stereocenters. The number of hydrogen-bond acceptors (Lipinski definition) is 3. The van der Waals surface area contributed by atoms with Crippen LogP contribution in [0.25, 0.3) is 0 Å². The molecule has 0 spiro atoms. The minimum absolute atomic E-state index is 0.0672. The van der Waals surface area contributed by atoms with Crippen LogP contribution in [0.4, 0.5) is 13.2 Å². The van der Waals surface area contributed by atoms with E-state index < -0.39 is 17.7 Å². The van der Waals surface area contributed by atoms with Gasteiger partial charge in [-0.2, -0.15) is 13.2 Å². The normalized spacial score (nSPS) is 15.8. The van der Waals surface area contributed by atoms with Crippen molar-refractivity contribution in [1.82, 2.24) is 5.32 Å². The third kappa shape index (κ3) is 3.97. The Kier molecular flexibility index (Phi) is 5.74. The van der Waals surface area contributed by atoms with Crippen molar-refractivity contribution in [2.45, 2.75) is 32.0 Å². The van der Waals surface area contributed by atoms with Crippen molar-refractivity contribution < 1.29 is 27.8 Å². The van der Waals surface area contributed by atoms with E-state index in [1.54, 1.807) is 6.92 Å². The summed E-state index contributed by atoms with van der Waals surface area (Å²) in [5, 5.41) is 10.5. The van der Waals surface area contributed by atoms with Crippen molar-refractivity contribution in [3.8, 4) is 0 Å². The highest BCUT2D eigenvalue weighted by Gasteiger charge is 2.56. The molecule has 2 N–H and O–H groups in total. The van der Waals surface area contributed by atoms with Gasteiger partial charge in [-0.25, -0.2) is 4.79 Å². The van der Waals surface area contributed by atoms with Crippen LogP contribution in [0.3, 0.4) is 0 Å². The van der Waals surface area contributed by atoms with Crippen LogP contribution in [-0.2, 0) is 9.53 Å². The summed E-state index contributed by atoms with van der Waals surface area (Å²) in [6.07, 6.45) is -4.50. The molecule has 0 heterocycles. The number of aliphatic carboxylic acids is 1. The molecule has 0 aromatic carbocycles. The van der Waals surface area contributed by atoms with Gasteiger partial charge >= 0.3 is 12.1 Å². The first-order chi connectivity index (χ1) is 7.25. The fraction of sp³-hybridized carbons (Fsp3) is 0.889. The number of carboxylic acids is 1. The molecule has 0 radical (unpaired) electrons. The molecule has 0 amide bonds. The monoisotopic (exact) mass is 243 g/mol. The molecule has 7 heteroatoms. The average molecular weight is 243 g/mol. The fourth-order valence-corrected chi connectivity index (χ4v) is 0.954. The summed E-state index contributed by atoms with van der Waals surface area (Å²) < 4.78 is 42.3. The highest BCUT2D eigenvalue weighted by molar-refractivity contribution is 5.79. The van der Waals surface area contributed by atoms with Crippen molar-refractivity contribution in [3.05, 3.63) is 0 Å². The molecule has 1 atom stereocenters. The van der Waals surface area contributed by atoms with E-state index in [0.29, 0.717) is 26.6 Å². The van der Waals surface area contributed by atoms with E-state index >= 15 is 0 Å². The summed E-state index contributed by atoms with van der Waals surface area (Å²) in [5.41, 5.74) is -2.90. The number of carbonyl (C=O) groups is 1. The SMILES string of the molecule is CCOCCCNC(C)(C(=O)O)C(F)(F)F.